The number of nitrogens with zero attached hydrogens (tertiary/aromatic N) is 3. The van der Waals surface area contributed by atoms with Crippen LogP contribution in [0.3, 0.4) is 0 Å². The van der Waals surface area contributed by atoms with E-state index in [2.05, 4.69) is 17.0 Å². The number of aryl methyl sites for hydroxylation is 1. The van der Waals surface area contributed by atoms with Crippen molar-refractivity contribution in [3.63, 3.8) is 0 Å². The summed E-state index contributed by atoms with van der Waals surface area (Å²) in [6.07, 6.45) is 2.81. The van der Waals surface area contributed by atoms with Crippen molar-refractivity contribution in [2.24, 2.45) is 0 Å². The van der Waals surface area contributed by atoms with E-state index in [1.165, 1.54) is 17.7 Å². The lowest BCUT2D eigenvalue weighted by molar-refractivity contribution is 0.0993. The van der Waals surface area contributed by atoms with Crippen LogP contribution in [0.25, 0.3) is 10.1 Å². The molecule has 0 aliphatic heterocycles. The first kappa shape index (κ1) is 13.0. The van der Waals surface area contributed by atoms with E-state index in [-0.39, 0.29) is 5.78 Å². The molecule has 0 saturated carbocycles. The van der Waals surface area contributed by atoms with Gasteiger partial charge in [0.15, 0.2) is 5.78 Å². The van der Waals surface area contributed by atoms with Gasteiger partial charge in [-0.1, -0.05) is 25.1 Å². The summed E-state index contributed by atoms with van der Waals surface area (Å²) in [4.78, 5) is 17.3. The van der Waals surface area contributed by atoms with Gasteiger partial charge in [-0.2, -0.15) is 5.10 Å². The third kappa shape index (κ3) is 2.49. The van der Waals surface area contributed by atoms with Crippen molar-refractivity contribution in [2.75, 3.05) is 0 Å². The molecule has 1 aromatic carbocycles. The highest BCUT2D eigenvalue weighted by Gasteiger charge is 2.14. The molecule has 0 spiro atoms. The number of Topliss-reactive ketones (excluding diaryl/α,β-unsaturated/α-hetero) is 1. The SMILES string of the molecule is CCCn1ncnc1CC(=O)c1cc2ccccc2s1. The lowest BCUT2D eigenvalue weighted by Crippen LogP contribution is -2.10. The fourth-order valence-corrected chi connectivity index (χ4v) is 3.17. The zero-order chi connectivity index (χ0) is 13.9. The molecule has 20 heavy (non-hydrogen) atoms. The first-order valence-electron chi connectivity index (χ1n) is 6.66. The largest absolute Gasteiger partial charge is 0.293 e. The van der Waals surface area contributed by atoms with Crippen LogP contribution >= 0.6 is 11.3 Å². The van der Waals surface area contributed by atoms with Gasteiger partial charge in [-0.25, -0.2) is 9.67 Å². The number of aromatic nitrogens is 3. The topological polar surface area (TPSA) is 47.8 Å². The monoisotopic (exact) mass is 285 g/mol. The van der Waals surface area contributed by atoms with Crippen LogP contribution in [-0.2, 0) is 13.0 Å². The minimum Gasteiger partial charge on any atom is -0.293 e. The predicted octanol–water partition coefficient (Wildman–Crippen LogP) is 3.33. The summed E-state index contributed by atoms with van der Waals surface area (Å²) >= 11 is 1.54. The maximum Gasteiger partial charge on any atom is 0.180 e. The van der Waals surface area contributed by atoms with Gasteiger partial charge in [-0.05, 0) is 23.9 Å². The molecular weight excluding hydrogens is 270 g/mol. The molecule has 5 heteroatoms. The fraction of sp³-hybridized carbons (Fsp3) is 0.267. The summed E-state index contributed by atoms with van der Waals surface area (Å²) in [5.74, 6) is 0.853. The van der Waals surface area contributed by atoms with E-state index in [9.17, 15) is 4.79 Å². The van der Waals surface area contributed by atoms with Crippen molar-refractivity contribution in [3.05, 3.63) is 47.4 Å². The third-order valence-corrected chi connectivity index (χ3v) is 4.31. The Labute approximate surface area is 121 Å². The van der Waals surface area contributed by atoms with Crippen LogP contribution in [0, 0.1) is 0 Å². The number of hydrogen-bond donors (Lipinski definition) is 0. The highest BCUT2D eigenvalue weighted by molar-refractivity contribution is 7.20. The Hall–Kier alpha value is -2.01. The molecule has 3 aromatic rings. The van der Waals surface area contributed by atoms with Crippen LogP contribution in [0.15, 0.2) is 36.7 Å². The van der Waals surface area contributed by atoms with Crippen molar-refractivity contribution < 1.29 is 4.79 Å². The summed E-state index contributed by atoms with van der Waals surface area (Å²) in [6, 6.07) is 10.0. The van der Waals surface area contributed by atoms with Gasteiger partial charge in [-0.15, -0.1) is 11.3 Å². The molecule has 0 radical (unpaired) electrons. The van der Waals surface area contributed by atoms with E-state index in [0.717, 1.165) is 33.8 Å². The maximum atomic E-state index is 12.4. The Morgan fingerprint density at radius 2 is 2.20 bits per heavy atom. The number of carbonyl (C=O) groups excluding carboxylic acids is 1. The number of carbonyl (C=O) groups is 1. The molecule has 2 aromatic heterocycles. The van der Waals surface area contributed by atoms with Gasteiger partial charge >= 0.3 is 0 Å². The van der Waals surface area contributed by atoms with Gasteiger partial charge in [0.05, 0.1) is 11.3 Å². The number of rotatable bonds is 5. The van der Waals surface area contributed by atoms with Gasteiger partial charge in [-0.3, -0.25) is 4.79 Å². The number of ketones is 1. The summed E-state index contributed by atoms with van der Waals surface area (Å²) in [6.45, 7) is 2.88. The Morgan fingerprint density at radius 1 is 1.35 bits per heavy atom. The summed E-state index contributed by atoms with van der Waals surface area (Å²) in [5, 5.41) is 5.27. The van der Waals surface area contributed by atoms with Crippen molar-refractivity contribution >= 4 is 27.2 Å². The second-order valence-corrected chi connectivity index (χ2v) is 5.73. The lowest BCUT2D eigenvalue weighted by atomic mass is 10.2. The minimum absolute atomic E-state index is 0.108. The number of thiophene rings is 1. The minimum atomic E-state index is 0.108. The first-order valence-corrected chi connectivity index (χ1v) is 7.48. The van der Waals surface area contributed by atoms with Crippen molar-refractivity contribution in [1.29, 1.82) is 0 Å². The van der Waals surface area contributed by atoms with Crippen LogP contribution in [0.2, 0.25) is 0 Å². The van der Waals surface area contributed by atoms with Crippen LogP contribution in [-0.4, -0.2) is 20.5 Å². The quantitative estimate of drug-likeness (QED) is 0.676. The normalized spacial score (nSPS) is 11.1. The molecular formula is C15H15N3OS. The van der Waals surface area contributed by atoms with E-state index in [4.69, 9.17) is 0 Å². The average molecular weight is 285 g/mol. The maximum absolute atomic E-state index is 12.4. The van der Waals surface area contributed by atoms with Crippen LogP contribution in [0.1, 0.15) is 28.8 Å². The first-order chi connectivity index (χ1) is 9.78. The molecule has 0 aliphatic rings. The van der Waals surface area contributed by atoms with E-state index < -0.39 is 0 Å². The molecule has 0 atom stereocenters. The van der Waals surface area contributed by atoms with E-state index in [1.807, 2.05) is 35.0 Å². The lowest BCUT2D eigenvalue weighted by Gasteiger charge is -2.02. The molecule has 0 aliphatic carbocycles. The second kappa shape index (κ2) is 5.54. The molecule has 0 amide bonds. The Morgan fingerprint density at radius 3 is 3.00 bits per heavy atom. The summed E-state index contributed by atoms with van der Waals surface area (Å²) in [5.41, 5.74) is 0. The van der Waals surface area contributed by atoms with Gasteiger partial charge in [0.2, 0.25) is 0 Å². The molecule has 0 saturated heterocycles. The zero-order valence-electron chi connectivity index (χ0n) is 11.2. The Bertz CT molecular complexity index is 711. The second-order valence-electron chi connectivity index (χ2n) is 4.65. The Kier molecular flexibility index (Phi) is 3.60. The Balaban J connectivity index is 1.83. The number of fused-ring (bicyclic) bond motifs is 1. The van der Waals surface area contributed by atoms with Crippen LogP contribution < -0.4 is 0 Å². The summed E-state index contributed by atoms with van der Waals surface area (Å²) in [7, 11) is 0. The third-order valence-electron chi connectivity index (χ3n) is 3.15. The van der Waals surface area contributed by atoms with Gasteiger partial charge in [0.1, 0.15) is 12.2 Å². The van der Waals surface area contributed by atoms with Crippen molar-refractivity contribution in [3.8, 4) is 0 Å². The smallest absolute Gasteiger partial charge is 0.180 e. The van der Waals surface area contributed by atoms with Crippen molar-refractivity contribution in [2.45, 2.75) is 26.3 Å². The van der Waals surface area contributed by atoms with Gasteiger partial charge in [0.25, 0.3) is 0 Å². The molecule has 3 rings (SSSR count). The molecule has 0 fully saturated rings. The highest BCUT2D eigenvalue weighted by atomic mass is 32.1. The van der Waals surface area contributed by atoms with E-state index >= 15 is 0 Å². The summed E-state index contributed by atoms with van der Waals surface area (Å²) < 4.78 is 2.96. The standard InChI is InChI=1S/C15H15N3OS/c1-2-7-18-15(16-10-17-18)9-12(19)14-8-11-5-3-4-6-13(11)20-14/h3-6,8,10H,2,7,9H2,1H3. The fourth-order valence-electron chi connectivity index (χ4n) is 2.17. The van der Waals surface area contributed by atoms with E-state index in [1.54, 1.807) is 0 Å². The van der Waals surface area contributed by atoms with Crippen LogP contribution in [0.4, 0.5) is 0 Å². The average Bonchev–Trinajstić information content (AvgIpc) is 3.06. The van der Waals surface area contributed by atoms with Crippen molar-refractivity contribution in [1.82, 2.24) is 14.8 Å². The zero-order valence-corrected chi connectivity index (χ0v) is 12.1. The molecule has 4 nitrogen and oxygen atoms in total. The molecule has 0 unspecified atom stereocenters. The van der Waals surface area contributed by atoms with E-state index in [0.29, 0.717) is 6.42 Å². The van der Waals surface area contributed by atoms with Gasteiger partial charge in [0, 0.05) is 11.2 Å². The number of benzene rings is 1. The number of hydrogen-bond acceptors (Lipinski definition) is 4. The molecule has 102 valence electrons. The molecule has 2 heterocycles. The predicted molar refractivity (Wildman–Crippen MR) is 80.2 cm³/mol. The highest BCUT2D eigenvalue weighted by Crippen LogP contribution is 2.26. The van der Waals surface area contributed by atoms with Crippen LogP contribution in [0.5, 0.6) is 0 Å². The van der Waals surface area contributed by atoms with Gasteiger partial charge < -0.3 is 0 Å². The molecule has 0 N–H and O–H groups in total. The molecule has 0 bridgehead atoms.